The fraction of sp³-hybridized carbons (Fsp3) is 0.211. The molecule has 0 saturated heterocycles. The van der Waals surface area contributed by atoms with E-state index in [1.54, 1.807) is 12.3 Å². The molecule has 0 N–H and O–H groups in total. The van der Waals surface area contributed by atoms with Crippen molar-refractivity contribution in [1.82, 2.24) is 10.1 Å². The van der Waals surface area contributed by atoms with Gasteiger partial charge in [0.05, 0.1) is 11.2 Å². The molecule has 1 heterocycles. The fourth-order valence-corrected chi connectivity index (χ4v) is 2.44. The molecule has 6 heteroatoms. The number of rotatable bonds is 6. The first kappa shape index (κ1) is 17.2. The van der Waals surface area contributed by atoms with Gasteiger partial charge >= 0.3 is 0 Å². The highest BCUT2D eigenvalue weighted by atomic mass is 35.5. The van der Waals surface area contributed by atoms with E-state index < -0.39 is 0 Å². The molecular weight excluding hydrogens is 338 g/mol. The summed E-state index contributed by atoms with van der Waals surface area (Å²) in [5, 5.41) is 8.41. The Morgan fingerprint density at radius 1 is 1.16 bits per heavy atom. The summed E-state index contributed by atoms with van der Waals surface area (Å²) in [7, 11) is 0. The summed E-state index contributed by atoms with van der Waals surface area (Å²) < 4.78 is 5.15. The molecule has 0 fully saturated rings. The van der Waals surface area contributed by atoms with E-state index >= 15 is 0 Å². The Morgan fingerprint density at radius 3 is 2.64 bits per heavy atom. The number of halogens is 1. The highest BCUT2D eigenvalue weighted by molar-refractivity contribution is 6.33. The van der Waals surface area contributed by atoms with Crippen molar-refractivity contribution in [2.75, 3.05) is 0 Å². The van der Waals surface area contributed by atoms with Crippen LogP contribution in [0.1, 0.15) is 36.8 Å². The summed E-state index contributed by atoms with van der Waals surface area (Å²) >= 11 is 6.12. The van der Waals surface area contributed by atoms with Crippen molar-refractivity contribution < 1.29 is 9.36 Å². The summed E-state index contributed by atoms with van der Waals surface area (Å²) in [5.74, 6) is 1.27. The zero-order valence-corrected chi connectivity index (χ0v) is 14.8. The average Bonchev–Trinajstić information content (AvgIpc) is 3.08. The maximum atomic E-state index is 6.12. The van der Waals surface area contributed by atoms with Gasteiger partial charge in [-0.3, -0.25) is 0 Å². The Morgan fingerprint density at radius 2 is 1.92 bits per heavy atom. The lowest BCUT2D eigenvalue weighted by molar-refractivity contribution is 0.107. The molecule has 0 aliphatic heterocycles. The quantitative estimate of drug-likeness (QED) is 0.457. The molecule has 0 unspecified atom stereocenters. The van der Waals surface area contributed by atoms with Crippen LogP contribution in [-0.2, 0) is 11.4 Å². The minimum Gasteiger partial charge on any atom is -0.386 e. The highest BCUT2D eigenvalue weighted by Gasteiger charge is 2.11. The van der Waals surface area contributed by atoms with Gasteiger partial charge < -0.3 is 9.36 Å². The molecule has 2 aromatic carbocycles. The van der Waals surface area contributed by atoms with Crippen molar-refractivity contribution in [3.63, 3.8) is 0 Å². The van der Waals surface area contributed by atoms with E-state index in [-0.39, 0.29) is 6.61 Å². The van der Waals surface area contributed by atoms with E-state index in [1.165, 1.54) is 5.56 Å². The molecule has 0 aliphatic carbocycles. The molecule has 1 aromatic heterocycles. The van der Waals surface area contributed by atoms with E-state index in [2.05, 4.69) is 41.3 Å². The molecule has 128 valence electrons. The molecule has 0 spiro atoms. The Hall–Kier alpha value is -2.66. The number of hydrogen-bond acceptors (Lipinski definition) is 5. The van der Waals surface area contributed by atoms with Gasteiger partial charge in [-0.25, -0.2) is 0 Å². The van der Waals surface area contributed by atoms with Gasteiger partial charge in [0.2, 0.25) is 5.82 Å². The lowest BCUT2D eigenvalue weighted by atomic mass is 10.0. The van der Waals surface area contributed by atoms with Gasteiger partial charge in [-0.1, -0.05) is 72.2 Å². The molecule has 0 amide bonds. The molecule has 0 radical (unpaired) electrons. The van der Waals surface area contributed by atoms with Crippen LogP contribution < -0.4 is 0 Å². The normalized spacial score (nSPS) is 11.4. The van der Waals surface area contributed by atoms with Crippen molar-refractivity contribution in [1.29, 1.82) is 0 Å². The second-order valence-corrected chi connectivity index (χ2v) is 6.23. The minimum atomic E-state index is 0.0953. The first-order chi connectivity index (χ1) is 12.1. The standard InChI is InChI=1S/C19H18ClN3O2/c1-13(2)15-9-7-14(8-10-15)11-21-24-12-18-22-19(23-25-18)16-5-3-4-6-17(16)20/h3-11,13H,12H2,1-2H3/b21-11-. The molecular formula is C19H18ClN3O2. The topological polar surface area (TPSA) is 60.5 Å². The number of hydrogen-bond donors (Lipinski definition) is 0. The van der Waals surface area contributed by atoms with Crippen molar-refractivity contribution in [2.45, 2.75) is 26.4 Å². The molecule has 0 saturated carbocycles. The Labute approximate surface area is 151 Å². The average molecular weight is 356 g/mol. The van der Waals surface area contributed by atoms with Crippen LogP contribution in [0.25, 0.3) is 11.4 Å². The number of benzene rings is 2. The van der Waals surface area contributed by atoms with Crippen molar-refractivity contribution in [3.8, 4) is 11.4 Å². The zero-order chi connectivity index (χ0) is 17.6. The monoisotopic (exact) mass is 355 g/mol. The number of nitrogens with zero attached hydrogens (tertiary/aromatic N) is 3. The van der Waals surface area contributed by atoms with Gasteiger partial charge in [-0.15, -0.1) is 0 Å². The SMILES string of the molecule is CC(C)c1ccc(/C=N\OCc2nc(-c3ccccc3Cl)no2)cc1. The summed E-state index contributed by atoms with van der Waals surface area (Å²) in [5.41, 5.74) is 2.97. The number of aromatic nitrogens is 2. The van der Waals surface area contributed by atoms with E-state index in [1.807, 2.05) is 30.3 Å². The highest BCUT2D eigenvalue weighted by Crippen LogP contribution is 2.24. The maximum Gasteiger partial charge on any atom is 0.267 e. The summed E-state index contributed by atoms with van der Waals surface area (Å²) in [6.07, 6.45) is 1.65. The third-order valence-corrected chi connectivity index (χ3v) is 3.98. The molecule has 0 atom stereocenters. The third kappa shape index (κ3) is 4.45. The van der Waals surface area contributed by atoms with Crippen LogP contribution in [-0.4, -0.2) is 16.4 Å². The van der Waals surface area contributed by atoms with Crippen molar-refractivity contribution in [2.24, 2.45) is 5.16 Å². The fourth-order valence-electron chi connectivity index (χ4n) is 2.22. The lowest BCUT2D eigenvalue weighted by Gasteiger charge is -2.04. The lowest BCUT2D eigenvalue weighted by Crippen LogP contribution is -1.90. The molecule has 0 bridgehead atoms. The van der Waals surface area contributed by atoms with Gasteiger partial charge in [-0.2, -0.15) is 4.98 Å². The maximum absolute atomic E-state index is 6.12. The van der Waals surface area contributed by atoms with E-state index in [0.29, 0.717) is 28.2 Å². The second-order valence-electron chi connectivity index (χ2n) is 5.82. The Balaban J connectivity index is 1.57. The van der Waals surface area contributed by atoms with Crippen molar-refractivity contribution in [3.05, 3.63) is 70.6 Å². The molecule has 0 aliphatic rings. The van der Waals surface area contributed by atoms with Crippen LogP contribution in [0.15, 0.2) is 58.2 Å². The van der Waals surface area contributed by atoms with Crippen LogP contribution >= 0.6 is 11.6 Å². The van der Waals surface area contributed by atoms with Gasteiger partial charge in [0.25, 0.3) is 5.89 Å². The van der Waals surface area contributed by atoms with Gasteiger partial charge in [0.15, 0.2) is 6.61 Å². The summed E-state index contributed by atoms with van der Waals surface area (Å²) in [4.78, 5) is 9.48. The first-order valence-electron chi connectivity index (χ1n) is 7.96. The van der Waals surface area contributed by atoms with Gasteiger partial charge in [0, 0.05) is 5.56 Å². The minimum absolute atomic E-state index is 0.0953. The van der Waals surface area contributed by atoms with Crippen LogP contribution in [0.3, 0.4) is 0 Å². The number of oxime groups is 1. The smallest absolute Gasteiger partial charge is 0.267 e. The Kier molecular flexibility index (Phi) is 5.46. The molecule has 3 aromatic rings. The van der Waals surface area contributed by atoms with Crippen LogP contribution in [0.5, 0.6) is 0 Å². The Bertz CT molecular complexity index is 857. The molecule has 3 rings (SSSR count). The predicted octanol–water partition coefficient (Wildman–Crippen LogP) is 5.06. The predicted molar refractivity (Wildman–Crippen MR) is 97.7 cm³/mol. The van der Waals surface area contributed by atoms with Gasteiger partial charge in [0.1, 0.15) is 0 Å². The zero-order valence-electron chi connectivity index (χ0n) is 14.0. The van der Waals surface area contributed by atoms with Gasteiger partial charge in [-0.05, 0) is 29.2 Å². The second kappa shape index (κ2) is 7.94. The third-order valence-electron chi connectivity index (χ3n) is 3.65. The van der Waals surface area contributed by atoms with E-state index in [0.717, 1.165) is 5.56 Å². The summed E-state index contributed by atoms with van der Waals surface area (Å²) in [6.45, 7) is 4.42. The van der Waals surface area contributed by atoms with Crippen LogP contribution in [0.2, 0.25) is 5.02 Å². The molecule has 5 nitrogen and oxygen atoms in total. The first-order valence-corrected chi connectivity index (χ1v) is 8.34. The van der Waals surface area contributed by atoms with E-state index in [9.17, 15) is 0 Å². The largest absolute Gasteiger partial charge is 0.386 e. The van der Waals surface area contributed by atoms with Crippen LogP contribution in [0.4, 0.5) is 0 Å². The molecule has 25 heavy (non-hydrogen) atoms. The van der Waals surface area contributed by atoms with Crippen LogP contribution in [0, 0.1) is 0 Å². The van der Waals surface area contributed by atoms with E-state index in [4.69, 9.17) is 21.0 Å². The summed E-state index contributed by atoms with van der Waals surface area (Å²) in [6, 6.07) is 15.5. The van der Waals surface area contributed by atoms with Crippen molar-refractivity contribution >= 4 is 17.8 Å².